The Balaban J connectivity index is 2.03. The molecule has 0 amide bonds. The molecule has 1 aliphatic heterocycles. The largest absolute Gasteiger partial charge is 0.497 e. The molecule has 1 heterocycles. The third-order valence-corrected chi connectivity index (χ3v) is 4.18. The Morgan fingerprint density at radius 3 is 2.89 bits per heavy atom. The molecular formula is C17H21NO. The lowest BCUT2D eigenvalue weighted by molar-refractivity contribution is 0.382. The van der Waals surface area contributed by atoms with Crippen molar-refractivity contribution in [1.82, 2.24) is 5.32 Å². The molecule has 1 fully saturated rings. The van der Waals surface area contributed by atoms with Crippen LogP contribution in [0.4, 0.5) is 0 Å². The Labute approximate surface area is 114 Å². The maximum atomic E-state index is 5.31. The van der Waals surface area contributed by atoms with E-state index in [0.29, 0.717) is 12.0 Å². The smallest absolute Gasteiger partial charge is 0.119 e. The second-order valence-corrected chi connectivity index (χ2v) is 5.51. The maximum absolute atomic E-state index is 5.31. The molecule has 0 unspecified atom stereocenters. The van der Waals surface area contributed by atoms with Crippen LogP contribution in [0.25, 0.3) is 10.8 Å². The number of hydrogen-bond acceptors (Lipinski definition) is 2. The van der Waals surface area contributed by atoms with Crippen LogP contribution in [0.3, 0.4) is 0 Å². The SMILES string of the molecule is COc1ccc2c([C@@H]3CCN[C@@H](C)C3)cccc2c1. The fraction of sp³-hybridized carbons (Fsp3) is 0.412. The summed E-state index contributed by atoms with van der Waals surface area (Å²) >= 11 is 0. The van der Waals surface area contributed by atoms with Crippen LogP contribution in [0.5, 0.6) is 5.75 Å². The molecule has 0 saturated carbocycles. The van der Waals surface area contributed by atoms with Gasteiger partial charge in [0.25, 0.3) is 0 Å². The van der Waals surface area contributed by atoms with Gasteiger partial charge in [-0.3, -0.25) is 0 Å². The number of fused-ring (bicyclic) bond motifs is 1. The topological polar surface area (TPSA) is 21.3 Å². The van der Waals surface area contributed by atoms with Gasteiger partial charge >= 0.3 is 0 Å². The van der Waals surface area contributed by atoms with Gasteiger partial charge < -0.3 is 10.1 Å². The van der Waals surface area contributed by atoms with Crippen molar-refractivity contribution in [2.24, 2.45) is 0 Å². The molecular weight excluding hydrogens is 234 g/mol. The molecule has 3 rings (SSSR count). The van der Waals surface area contributed by atoms with Gasteiger partial charge in [-0.05, 0) is 60.7 Å². The van der Waals surface area contributed by atoms with Gasteiger partial charge in [0.15, 0.2) is 0 Å². The Kier molecular flexibility index (Phi) is 3.43. The Morgan fingerprint density at radius 2 is 2.11 bits per heavy atom. The number of hydrogen-bond donors (Lipinski definition) is 1. The fourth-order valence-electron chi connectivity index (χ4n) is 3.18. The van der Waals surface area contributed by atoms with E-state index in [1.54, 1.807) is 7.11 Å². The number of benzene rings is 2. The monoisotopic (exact) mass is 255 g/mol. The van der Waals surface area contributed by atoms with Crippen molar-refractivity contribution in [3.05, 3.63) is 42.0 Å². The Bertz CT molecular complexity index is 578. The van der Waals surface area contributed by atoms with Crippen molar-refractivity contribution < 1.29 is 4.74 Å². The van der Waals surface area contributed by atoms with E-state index in [0.717, 1.165) is 12.3 Å². The maximum Gasteiger partial charge on any atom is 0.119 e. The summed E-state index contributed by atoms with van der Waals surface area (Å²) in [5.74, 6) is 1.61. The summed E-state index contributed by atoms with van der Waals surface area (Å²) in [5.41, 5.74) is 1.49. The van der Waals surface area contributed by atoms with E-state index in [4.69, 9.17) is 4.74 Å². The predicted molar refractivity (Wildman–Crippen MR) is 79.9 cm³/mol. The number of piperidine rings is 1. The second kappa shape index (κ2) is 5.22. The minimum Gasteiger partial charge on any atom is -0.497 e. The van der Waals surface area contributed by atoms with E-state index in [-0.39, 0.29) is 0 Å². The van der Waals surface area contributed by atoms with Gasteiger partial charge in [0.1, 0.15) is 5.75 Å². The zero-order valence-electron chi connectivity index (χ0n) is 11.6. The Hall–Kier alpha value is -1.54. The highest BCUT2D eigenvalue weighted by molar-refractivity contribution is 5.87. The fourth-order valence-corrected chi connectivity index (χ4v) is 3.18. The first-order chi connectivity index (χ1) is 9.28. The second-order valence-electron chi connectivity index (χ2n) is 5.51. The number of methoxy groups -OCH3 is 1. The molecule has 0 spiro atoms. The first kappa shape index (κ1) is 12.5. The average Bonchev–Trinajstić information content (AvgIpc) is 2.46. The van der Waals surface area contributed by atoms with Gasteiger partial charge in [-0.2, -0.15) is 0 Å². The van der Waals surface area contributed by atoms with Crippen molar-refractivity contribution in [3.63, 3.8) is 0 Å². The molecule has 0 aliphatic carbocycles. The number of nitrogens with one attached hydrogen (secondary N) is 1. The van der Waals surface area contributed by atoms with E-state index < -0.39 is 0 Å². The van der Waals surface area contributed by atoms with E-state index in [9.17, 15) is 0 Å². The van der Waals surface area contributed by atoms with Crippen molar-refractivity contribution >= 4 is 10.8 Å². The van der Waals surface area contributed by atoms with Crippen LogP contribution in [0.1, 0.15) is 31.2 Å². The van der Waals surface area contributed by atoms with Crippen LogP contribution >= 0.6 is 0 Å². The summed E-state index contributed by atoms with van der Waals surface area (Å²) in [7, 11) is 1.72. The lowest BCUT2D eigenvalue weighted by atomic mass is 9.84. The summed E-state index contributed by atoms with van der Waals surface area (Å²) in [5, 5.41) is 6.19. The molecule has 100 valence electrons. The normalized spacial score (nSPS) is 23.5. The van der Waals surface area contributed by atoms with Gasteiger partial charge in [0, 0.05) is 6.04 Å². The number of rotatable bonds is 2. The van der Waals surface area contributed by atoms with Crippen molar-refractivity contribution in [3.8, 4) is 5.75 Å². The summed E-state index contributed by atoms with van der Waals surface area (Å²) in [6.45, 7) is 3.40. The summed E-state index contributed by atoms with van der Waals surface area (Å²) in [4.78, 5) is 0. The number of ether oxygens (including phenoxy) is 1. The zero-order chi connectivity index (χ0) is 13.2. The van der Waals surface area contributed by atoms with E-state index in [1.165, 1.54) is 29.2 Å². The van der Waals surface area contributed by atoms with Crippen LogP contribution in [0.15, 0.2) is 36.4 Å². The van der Waals surface area contributed by atoms with Gasteiger partial charge in [0.05, 0.1) is 7.11 Å². The van der Waals surface area contributed by atoms with Gasteiger partial charge in [-0.15, -0.1) is 0 Å². The van der Waals surface area contributed by atoms with Crippen LogP contribution in [0.2, 0.25) is 0 Å². The summed E-state index contributed by atoms with van der Waals surface area (Å²) in [6.07, 6.45) is 2.46. The minimum absolute atomic E-state index is 0.618. The standard InChI is InChI=1S/C17H21NO/c1-12-10-14(8-9-18-12)16-5-3-4-13-11-15(19-2)6-7-17(13)16/h3-7,11-12,14,18H,8-10H2,1-2H3/t12-,14+/m0/s1. The Morgan fingerprint density at radius 1 is 1.21 bits per heavy atom. The van der Waals surface area contributed by atoms with Gasteiger partial charge in [-0.25, -0.2) is 0 Å². The first-order valence-corrected chi connectivity index (χ1v) is 7.08. The predicted octanol–water partition coefficient (Wildman–Crippen LogP) is 3.70. The molecule has 0 bridgehead atoms. The molecule has 2 heteroatoms. The van der Waals surface area contributed by atoms with E-state index in [1.807, 2.05) is 0 Å². The highest BCUT2D eigenvalue weighted by Gasteiger charge is 2.21. The van der Waals surface area contributed by atoms with Gasteiger partial charge in [0.2, 0.25) is 0 Å². The van der Waals surface area contributed by atoms with Crippen molar-refractivity contribution in [2.45, 2.75) is 31.7 Å². The molecule has 2 aromatic rings. The average molecular weight is 255 g/mol. The van der Waals surface area contributed by atoms with Crippen LogP contribution < -0.4 is 10.1 Å². The summed E-state index contributed by atoms with van der Waals surface area (Å²) in [6, 6.07) is 13.6. The van der Waals surface area contributed by atoms with Crippen LogP contribution in [0, 0.1) is 0 Å². The molecule has 1 saturated heterocycles. The van der Waals surface area contributed by atoms with Crippen molar-refractivity contribution in [1.29, 1.82) is 0 Å². The first-order valence-electron chi connectivity index (χ1n) is 7.08. The van der Waals surface area contributed by atoms with Crippen molar-refractivity contribution in [2.75, 3.05) is 13.7 Å². The highest BCUT2D eigenvalue weighted by Crippen LogP contribution is 2.34. The molecule has 2 aromatic carbocycles. The molecule has 19 heavy (non-hydrogen) atoms. The van der Waals surface area contributed by atoms with Crippen LogP contribution in [-0.4, -0.2) is 19.7 Å². The zero-order valence-corrected chi connectivity index (χ0v) is 11.6. The minimum atomic E-state index is 0.618. The molecule has 0 radical (unpaired) electrons. The highest BCUT2D eigenvalue weighted by atomic mass is 16.5. The summed E-state index contributed by atoms with van der Waals surface area (Å²) < 4.78 is 5.31. The molecule has 2 nitrogen and oxygen atoms in total. The molecule has 1 aliphatic rings. The quantitative estimate of drug-likeness (QED) is 0.883. The van der Waals surface area contributed by atoms with E-state index >= 15 is 0 Å². The van der Waals surface area contributed by atoms with Crippen LogP contribution in [-0.2, 0) is 0 Å². The molecule has 0 aromatic heterocycles. The molecule has 2 atom stereocenters. The van der Waals surface area contributed by atoms with E-state index in [2.05, 4.69) is 48.6 Å². The third kappa shape index (κ3) is 2.45. The molecule has 1 N–H and O–H groups in total. The lowest BCUT2D eigenvalue weighted by Gasteiger charge is -2.29. The van der Waals surface area contributed by atoms with Gasteiger partial charge in [-0.1, -0.05) is 24.3 Å². The lowest BCUT2D eigenvalue weighted by Crippen LogP contribution is -2.34. The third-order valence-electron chi connectivity index (χ3n) is 4.18.